The van der Waals surface area contributed by atoms with Crippen molar-refractivity contribution in [2.24, 2.45) is 0 Å². The Balaban J connectivity index is 1.39. The minimum absolute atomic E-state index is 0.289. The molecule has 1 fully saturated rings. The van der Waals surface area contributed by atoms with Gasteiger partial charge in [0.05, 0.1) is 29.3 Å². The summed E-state index contributed by atoms with van der Waals surface area (Å²) in [5.74, 6) is 1.16. The fraction of sp³-hybridized carbons (Fsp3) is 0.192. The van der Waals surface area contributed by atoms with E-state index < -0.39 is 0 Å². The van der Waals surface area contributed by atoms with Crippen molar-refractivity contribution in [3.8, 4) is 11.1 Å². The van der Waals surface area contributed by atoms with Crippen molar-refractivity contribution in [2.75, 3.05) is 48.8 Å². The summed E-state index contributed by atoms with van der Waals surface area (Å²) < 4.78 is 0. The van der Waals surface area contributed by atoms with Crippen molar-refractivity contribution in [1.29, 1.82) is 0 Å². The van der Waals surface area contributed by atoms with Gasteiger partial charge >= 0.3 is 0 Å². The van der Waals surface area contributed by atoms with Gasteiger partial charge in [0.25, 0.3) is 0 Å². The fourth-order valence-electron chi connectivity index (χ4n) is 4.01. The average Bonchev–Trinajstić information content (AvgIpc) is 2.89. The number of hydrogen-bond donors (Lipinski definition) is 2. The SMILES string of the molecule is C=CC(=O)Nc1cncc(-c2cccc3cnc(Nc4ccc(N5CCN(C)CC5)nc4)nc23)c1. The van der Waals surface area contributed by atoms with E-state index in [4.69, 9.17) is 4.98 Å². The van der Waals surface area contributed by atoms with Gasteiger partial charge in [-0.25, -0.2) is 15.0 Å². The molecule has 0 atom stereocenters. The Morgan fingerprint density at radius 1 is 1.00 bits per heavy atom. The molecule has 1 saturated heterocycles. The maximum Gasteiger partial charge on any atom is 0.247 e. The highest BCUT2D eigenvalue weighted by molar-refractivity contribution is 6.00. The van der Waals surface area contributed by atoms with E-state index in [1.54, 1.807) is 18.6 Å². The number of aromatic nitrogens is 4. The van der Waals surface area contributed by atoms with Gasteiger partial charge in [-0.05, 0) is 31.3 Å². The van der Waals surface area contributed by atoms with Gasteiger partial charge < -0.3 is 20.4 Å². The summed E-state index contributed by atoms with van der Waals surface area (Å²) in [6.45, 7) is 7.50. The summed E-state index contributed by atoms with van der Waals surface area (Å²) in [5.41, 5.74) is 3.90. The molecule has 0 radical (unpaired) electrons. The molecular formula is C26H26N8O. The third-order valence-corrected chi connectivity index (χ3v) is 5.94. The first-order valence-corrected chi connectivity index (χ1v) is 11.4. The van der Waals surface area contributed by atoms with E-state index in [9.17, 15) is 4.79 Å². The zero-order valence-electron chi connectivity index (χ0n) is 19.5. The fourth-order valence-corrected chi connectivity index (χ4v) is 4.01. The van der Waals surface area contributed by atoms with Crippen LogP contribution in [0.5, 0.6) is 0 Å². The molecule has 1 amide bonds. The van der Waals surface area contributed by atoms with E-state index in [2.05, 4.69) is 49.0 Å². The van der Waals surface area contributed by atoms with Crippen molar-refractivity contribution in [3.05, 3.63) is 73.8 Å². The number of anilines is 4. The van der Waals surface area contributed by atoms with Gasteiger partial charge in [0.1, 0.15) is 5.82 Å². The molecule has 3 aromatic heterocycles. The van der Waals surface area contributed by atoms with Crippen LogP contribution >= 0.6 is 0 Å². The van der Waals surface area contributed by atoms with Crippen LogP contribution in [0, 0.1) is 0 Å². The van der Waals surface area contributed by atoms with Crippen molar-refractivity contribution < 1.29 is 4.79 Å². The Bertz CT molecular complexity index is 1360. The number of rotatable bonds is 6. The van der Waals surface area contributed by atoms with Gasteiger partial charge in [-0.2, -0.15) is 0 Å². The maximum absolute atomic E-state index is 11.7. The first-order valence-electron chi connectivity index (χ1n) is 11.4. The van der Waals surface area contributed by atoms with Crippen molar-refractivity contribution in [2.45, 2.75) is 0 Å². The Kier molecular flexibility index (Phi) is 6.32. The standard InChI is InChI=1S/C26H26N8O/c1-3-24(35)30-21-13-19(14-27-16-21)22-6-4-5-18-15-29-26(32-25(18)22)31-20-7-8-23(28-17-20)34-11-9-33(2)10-12-34/h3-8,13-17H,1,9-12H2,2H3,(H,30,35)(H,29,31,32). The minimum atomic E-state index is -0.289. The molecule has 0 unspecified atom stereocenters. The Labute approximate surface area is 203 Å². The van der Waals surface area contributed by atoms with Gasteiger partial charge in [0, 0.05) is 55.1 Å². The normalized spacial score (nSPS) is 14.0. The van der Waals surface area contributed by atoms with Crippen LogP contribution in [0.3, 0.4) is 0 Å². The Morgan fingerprint density at radius 3 is 2.63 bits per heavy atom. The molecule has 0 saturated carbocycles. The second-order valence-corrected chi connectivity index (χ2v) is 8.41. The molecule has 0 aliphatic carbocycles. The second-order valence-electron chi connectivity index (χ2n) is 8.41. The lowest BCUT2D eigenvalue weighted by molar-refractivity contribution is -0.111. The zero-order valence-corrected chi connectivity index (χ0v) is 19.5. The average molecular weight is 467 g/mol. The topological polar surface area (TPSA) is 99.2 Å². The number of pyridine rings is 2. The van der Waals surface area contributed by atoms with Gasteiger partial charge in [0.2, 0.25) is 11.9 Å². The Morgan fingerprint density at radius 2 is 1.86 bits per heavy atom. The lowest BCUT2D eigenvalue weighted by atomic mass is 10.0. The number of benzene rings is 1. The molecule has 4 heterocycles. The van der Waals surface area contributed by atoms with Gasteiger partial charge in [-0.1, -0.05) is 24.8 Å². The molecule has 2 N–H and O–H groups in total. The van der Waals surface area contributed by atoms with E-state index in [-0.39, 0.29) is 5.91 Å². The lowest BCUT2D eigenvalue weighted by Crippen LogP contribution is -2.44. The zero-order chi connectivity index (χ0) is 24.2. The first kappa shape index (κ1) is 22.4. The number of hydrogen-bond acceptors (Lipinski definition) is 8. The van der Waals surface area contributed by atoms with Gasteiger partial charge in [0.15, 0.2) is 0 Å². The van der Waals surface area contributed by atoms with Crippen LogP contribution in [-0.2, 0) is 4.79 Å². The number of para-hydroxylation sites is 1. The number of piperazine rings is 1. The predicted molar refractivity (Wildman–Crippen MR) is 139 cm³/mol. The third kappa shape index (κ3) is 5.10. The number of carbonyl (C=O) groups is 1. The van der Waals surface area contributed by atoms with E-state index in [1.807, 2.05) is 42.6 Å². The summed E-state index contributed by atoms with van der Waals surface area (Å²) in [6, 6.07) is 11.8. The largest absolute Gasteiger partial charge is 0.354 e. The van der Waals surface area contributed by atoms with Crippen molar-refractivity contribution in [1.82, 2.24) is 24.8 Å². The molecule has 5 rings (SSSR count). The molecule has 0 spiro atoms. The highest BCUT2D eigenvalue weighted by Crippen LogP contribution is 2.29. The van der Waals surface area contributed by atoms with E-state index in [0.717, 1.165) is 59.7 Å². The van der Waals surface area contributed by atoms with E-state index >= 15 is 0 Å². The van der Waals surface area contributed by atoms with Crippen LogP contribution in [0.2, 0.25) is 0 Å². The molecule has 176 valence electrons. The van der Waals surface area contributed by atoms with Crippen LogP contribution in [0.4, 0.5) is 23.1 Å². The summed E-state index contributed by atoms with van der Waals surface area (Å²) in [6.07, 6.45) is 8.16. The Hall–Kier alpha value is -4.37. The molecule has 0 bridgehead atoms. The van der Waals surface area contributed by atoms with Crippen LogP contribution in [0.15, 0.2) is 73.8 Å². The molecule has 4 aromatic rings. The minimum Gasteiger partial charge on any atom is -0.354 e. The van der Waals surface area contributed by atoms with Crippen molar-refractivity contribution >= 4 is 40.0 Å². The summed E-state index contributed by atoms with van der Waals surface area (Å²) in [4.78, 5) is 34.5. The van der Waals surface area contributed by atoms with Crippen LogP contribution in [-0.4, -0.2) is 64.0 Å². The van der Waals surface area contributed by atoms with E-state index in [0.29, 0.717) is 11.6 Å². The molecule has 1 aromatic carbocycles. The van der Waals surface area contributed by atoms with Gasteiger partial charge in [-0.15, -0.1) is 0 Å². The third-order valence-electron chi connectivity index (χ3n) is 5.94. The molecule has 1 aliphatic rings. The smallest absolute Gasteiger partial charge is 0.247 e. The molecule has 35 heavy (non-hydrogen) atoms. The summed E-state index contributed by atoms with van der Waals surface area (Å²) in [7, 11) is 2.14. The number of carbonyl (C=O) groups excluding carboxylic acids is 1. The predicted octanol–water partition coefficient (Wildman–Crippen LogP) is 3.71. The van der Waals surface area contributed by atoms with Crippen molar-refractivity contribution in [3.63, 3.8) is 0 Å². The molecular weight excluding hydrogens is 440 g/mol. The summed E-state index contributed by atoms with van der Waals surface area (Å²) in [5, 5.41) is 6.91. The number of likely N-dealkylation sites (N-methyl/N-ethyl adjacent to an activating group) is 1. The van der Waals surface area contributed by atoms with Gasteiger partial charge in [-0.3, -0.25) is 9.78 Å². The van der Waals surface area contributed by atoms with E-state index in [1.165, 1.54) is 6.08 Å². The quantitative estimate of drug-likeness (QED) is 0.415. The van der Waals surface area contributed by atoms with Crippen LogP contribution in [0.25, 0.3) is 22.0 Å². The number of nitrogens with zero attached hydrogens (tertiary/aromatic N) is 6. The highest BCUT2D eigenvalue weighted by Gasteiger charge is 2.15. The number of amides is 1. The van der Waals surface area contributed by atoms with Crippen LogP contribution in [0.1, 0.15) is 0 Å². The monoisotopic (exact) mass is 466 g/mol. The molecule has 9 nitrogen and oxygen atoms in total. The lowest BCUT2D eigenvalue weighted by Gasteiger charge is -2.33. The summed E-state index contributed by atoms with van der Waals surface area (Å²) >= 11 is 0. The molecule has 1 aliphatic heterocycles. The molecule has 9 heteroatoms. The highest BCUT2D eigenvalue weighted by atomic mass is 16.1. The number of fused-ring (bicyclic) bond motifs is 1. The first-order chi connectivity index (χ1) is 17.1. The number of nitrogens with one attached hydrogen (secondary N) is 2. The maximum atomic E-state index is 11.7. The van der Waals surface area contributed by atoms with Crippen LogP contribution < -0.4 is 15.5 Å². The second kappa shape index (κ2) is 9.86.